The molecule has 0 aliphatic rings. The summed E-state index contributed by atoms with van der Waals surface area (Å²) in [5.74, 6) is 3.04. The molecule has 0 unspecified atom stereocenters. The number of hydrogen-bond acceptors (Lipinski definition) is 5. The molecule has 6 nitrogen and oxygen atoms in total. The molecule has 3 aromatic rings. The summed E-state index contributed by atoms with van der Waals surface area (Å²) in [4.78, 5) is 12.5. The van der Waals surface area contributed by atoms with Gasteiger partial charge in [0.25, 0.3) is 5.91 Å². The van der Waals surface area contributed by atoms with Gasteiger partial charge in [0.2, 0.25) is 0 Å². The first-order valence-electron chi connectivity index (χ1n) is 9.93. The van der Waals surface area contributed by atoms with E-state index in [0.717, 1.165) is 28.4 Å². The average molecular weight is 409 g/mol. The van der Waals surface area contributed by atoms with E-state index in [1.165, 1.54) is 0 Å². The van der Waals surface area contributed by atoms with Crippen molar-refractivity contribution in [2.24, 2.45) is 0 Å². The van der Waals surface area contributed by atoms with Crippen molar-refractivity contribution in [1.29, 1.82) is 0 Å². The van der Waals surface area contributed by atoms with Gasteiger partial charge in [-0.3, -0.25) is 4.79 Å². The molecule has 1 amide bonds. The largest absolute Gasteiger partial charge is 0.497 e. The molecule has 0 radical (unpaired) electrons. The highest BCUT2D eigenvalue weighted by Gasteiger charge is 2.14. The van der Waals surface area contributed by atoms with Crippen molar-refractivity contribution >= 4 is 5.91 Å². The van der Waals surface area contributed by atoms with E-state index in [2.05, 4.69) is 5.32 Å². The molecule has 0 bridgehead atoms. The van der Waals surface area contributed by atoms with E-state index >= 15 is 0 Å². The molecule has 0 atom stereocenters. The summed E-state index contributed by atoms with van der Waals surface area (Å²) < 4.78 is 22.1. The van der Waals surface area contributed by atoms with Crippen LogP contribution in [-0.4, -0.2) is 33.3 Å². The predicted molar refractivity (Wildman–Crippen MR) is 115 cm³/mol. The Kier molecular flexibility index (Phi) is 7.38. The van der Waals surface area contributed by atoms with Crippen LogP contribution in [0.3, 0.4) is 0 Å². The zero-order valence-corrected chi connectivity index (χ0v) is 17.6. The summed E-state index contributed by atoms with van der Waals surface area (Å²) in [7, 11) is 3.24. The molecule has 3 rings (SSSR count). The Morgan fingerprint density at radius 1 is 0.967 bits per heavy atom. The van der Waals surface area contributed by atoms with E-state index in [0.29, 0.717) is 31.8 Å². The van der Waals surface area contributed by atoms with Crippen LogP contribution < -0.4 is 19.5 Å². The molecular formula is C24H27NO5. The van der Waals surface area contributed by atoms with Gasteiger partial charge in [0.1, 0.15) is 23.0 Å². The van der Waals surface area contributed by atoms with E-state index in [4.69, 9.17) is 18.6 Å². The molecule has 0 aliphatic carbocycles. The third kappa shape index (κ3) is 5.35. The number of carbonyl (C=O) groups is 1. The third-order valence-corrected chi connectivity index (χ3v) is 4.69. The predicted octanol–water partition coefficient (Wildman–Crippen LogP) is 4.26. The number of ether oxygens (including phenoxy) is 3. The minimum absolute atomic E-state index is 0.243. The highest BCUT2D eigenvalue weighted by molar-refractivity contribution is 5.91. The fourth-order valence-corrected chi connectivity index (χ4v) is 3.21. The van der Waals surface area contributed by atoms with Crippen molar-refractivity contribution in [2.45, 2.75) is 19.8 Å². The lowest BCUT2D eigenvalue weighted by atomic mass is 10.1. The number of nitrogens with one attached hydrogen (secondary N) is 1. The summed E-state index contributed by atoms with van der Waals surface area (Å²) in [6.07, 6.45) is 1.17. The molecular weight excluding hydrogens is 382 g/mol. The van der Waals surface area contributed by atoms with Gasteiger partial charge in [0, 0.05) is 18.5 Å². The maximum absolute atomic E-state index is 12.5. The van der Waals surface area contributed by atoms with Gasteiger partial charge in [-0.05, 0) is 55.3 Å². The second kappa shape index (κ2) is 10.4. The molecule has 0 aliphatic heterocycles. The van der Waals surface area contributed by atoms with E-state index in [1.807, 2.05) is 49.4 Å². The van der Waals surface area contributed by atoms with Gasteiger partial charge in [-0.15, -0.1) is 0 Å². The fourth-order valence-electron chi connectivity index (χ4n) is 3.21. The number of hydrogen-bond donors (Lipinski definition) is 1. The van der Waals surface area contributed by atoms with E-state index in [1.54, 1.807) is 26.4 Å². The van der Waals surface area contributed by atoms with Gasteiger partial charge < -0.3 is 23.9 Å². The Labute approximate surface area is 176 Å². The monoisotopic (exact) mass is 409 g/mol. The highest BCUT2D eigenvalue weighted by Crippen LogP contribution is 2.27. The lowest BCUT2D eigenvalue weighted by Crippen LogP contribution is -2.25. The summed E-state index contributed by atoms with van der Waals surface area (Å²) in [5.41, 5.74) is 1.98. The molecule has 0 saturated heterocycles. The number of furan rings is 1. The summed E-state index contributed by atoms with van der Waals surface area (Å²) in [5, 5.41) is 2.90. The van der Waals surface area contributed by atoms with Crippen molar-refractivity contribution < 1.29 is 23.4 Å². The minimum Gasteiger partial charge on any atom is -0.497 e. The van der Waals surface area contributed by atoms with Crippen molar-refractivity contribution in [3.05, 3.63) is 77.2 Å². The molecule has 158 valence electrons. The van der Waals surface area contributed by atoms with Gasteiger partial charge in [-0.1, -0.05) is 18.2 Å². The molecule has 1 N–H and O–H groups in total. The van der Waals surface area contributed by atoms with Gasteiger partial charge in [-0.2, -0.15) is 0 Å². The van der Waals surface area contributed by atoms with Crippen molar-refractivity contribution in [3.63, 3.8) is 0 Å². The Balaban J connectivity index is 1.59. The smallest absolute Gasteiger partial charge is 0.287 e. The first-order valence-corrected chi connectivity index (χ1v) is 9.93. The van der Waals surface area contributed by atoms with E-state index in [9.17, 15) is 4.79 Å². The Morgan fingerprint density at radius 3 is 2.57 bits per heavy atom. The van der Waals surface area contributed by atoms with Crippen LogP contribution in [0.5, 0.6) is 17.2 Å². The second-order valence-electron chi connectivity index (χ2n) is 6.67. The van der Waals surface area contributed by atoms with Gasteiger partial charge >= 0.3 is 0 Å². The van der Waals surface area contributed by atoms with Crippen LogP contribution in [0.4, 0.5) is 0 Å². The maximum Gasteiger partial charge on any atom is 0.287 e. The van der Waals surface area contributed by atoms with Crippen LogP contribution in [-0.2, 0) is 12.8 Å². The zero-order chi connectivity index (χ0) is 21.3. The van der Waals surface area contributed by atoms with Crippen LogP contribution in [0.25, 0.3) is 0 Å². The van der Waals surface area contributed by atoms with Crippen molar-refractivity contribution in [2.75, 3.05) is 27.4 Å². The summed E-state index contributed by atoms with van der Waals surface area (Å²) >= 11 is 0. The quantitative estimate of drug-likeness (QED) is 0.542. The molecule has 30 heavy (non-hydrogen) atoms. The van der Waals surface area contributed by atoms with E-state index in [-0.39, 0.29) is 11.7 Å². The van der Waals surface area contributed by atoms with Crippen molar-refractivity contribution in [1.82, 2.24) is 5.32 Å². The topological polar surface area (TPSA) is 69.9 Å². The Bertz CT molecular complexity index is 979. The number of methoxy groups -OCH3 is 2. The van der Waals surface area contributed by atoms with Gasteiger partial charge in [-0.25, -0.2) is 0 Å². The molecule has 0 spiro atoms. The number of para-hydroxylation sites is 1. The standard InChI is InChI=1S/C24H27NO5/c1-4-29-22-8-6-5-7-17(22)13-14-25-24(26)23-12-10-20(30-23)16-18-15-19(27-2)9-11-21(18)28-3/h5-12,15H,4,13-14,16H2,1-3H3,(H,25,26). The van der Waals surface area contributed by atoms with Gasteiger partial charge in [0.05, 0.1) is 20.8 Å². The maximum atomic E-state index is 12.5. The highest BCUT2D eigenvalue weighted by atomic mass is 16.5. The molecule has 0 saturated carbocycles. The molecule has 6 heteroatoms. The number of carbonyl (C=O) groups excluding carboxylic acids is 1. The summed E-state index contributed by atoms with van der Waals surface area (Å²) in [6.45, 7) is 3.05. The Morgan fingerprint density at radius 2 is 1.80 bits per heavy atom. The first-order chi connectivity index (χ1) is 14.6. The first kappa shape index (κ1) is 21.3. The summed E-state index contributed by atoms with van der Waals surface area (Å²) in [6, 6.07) is 16.9. The van der Waals surface area contributed by atoms with Crippen LogP contribution in [0, 0.1) is 0 Å². The third-order valence-electron chi connectivity index (χ3n) is 4.69. The average Bonchev–Trinajstić information content (AvgIpc) is 3.23. The normalized spacial score (nSPS) is 10.5. The minimum atomic E-state index is -0.243. The molecule has 2 aromatic carbocycles. The molecule has 1 heterocycles. The van der Waals surface area contributed by atoms with E-state index < -0.39 is 0 Å². The SMILES string of the molecule is CCOc1ccccc1CCNC(=O)c1ccc(Cc2cc(OC)ccc2OC)o1. The van der Waals surface area contributed by atoms with Crippen LogP contribution in [0.1, 0.15) is 34.4 Å². The van der Waals surface area contributed by atoms with Gasteiger partial charge in [0.15, 0.2) is 5.76 Å². The number of benzene rings is 2. The lowest BCUT2D eigenvalue weighted by Gasteiger charge is -2.10. The zero-order valence-electron chi connectivity index (χ0n) is 17.6. The van der Waals surface area contributed by atoms with Crippen LogP contribution in [0.2, 0.25) is 0 Å². The second-order valence-corrected chi connectivity index (χ2v) is 6.67. The Hall–Kier alpha value is -3.41. The number of rotatable bonds is 10. The fraction of sp³-hybridized carbons (Fsp3) is 0.292. The lowest BCUT2D eigenvalue weighted by molar-refractivity contribution is 0.0924. The van der Waals surface area contributed by atoms with Crippen LogP contribution >= 0.6 is 0 Å². The molecule has 0 fully saturated rings. The number of amides is 1. The van der Waals surface area contributed by atoms with Crippen LogP contribution in [0.15, 0.2) is 59.0 Å². The van der Waals surface area contributed by atoms with Crippen molar-refractivity contribution in [3.8, 4) is 17.2 Å². The molecule has 1 aromatic heterocycles.